The zero-order chi connectivity index (χ0) is 19.4. The minimum atomic E-state index is -3.51. The monoisotopic (exact) mass is 398 g/mol. The lowest BCUT2D eigenvalue weighted by Gasteiger charge is -2.39. The average molecular weight is 398 g/mol. The number of aryl methyl sites for hydroxylation is 1. The molecule has 2 bridgehead atoms. The molecule has 3 heterocycles. The maximum absolute atomic E-state index is 14.3. The van der Waals surface area contributed by atoms with Gasteiger partial charge in [0.1, 0.15) is 16.7 Å². The summed E-state index contributed by atoms with van der Waals surface area (Å²) in [6.45, 7) is 2.86. The van der Waals surface area contributed by atoms with Gasteiger partial charge in [-0.3, -0.25) is 4.79 Å². The van der Waals surface area contributed by atoms with E-state index in [9.17, 15) is 17.6 Å². The molecule has 0 aromatic heterocycles. The first-order chi connectivity index (χ1) is 12.8. The molecule has 1 aromatic rings. The van der Waals surface area contributed by atoms with Gasteiger partial charge in [-0.2, -0.15) is 4.31 Å². The fraction of sp³-hybridized carbons (Fsp3) is 0.611. The molecule has 3 saturated heterocycles. The fourth-order valence-electron chi connectivity index (χ4n) is 4.56. The van der Waals surface area contributed by atoms with Crippen molar-refractivity contribution >= 4 is 15.9 Å². The number of rotatable bonds is 4. The molecule has 1 spiro atoms. The molecule has 3 atom stereocenters. The minimum Gasteiger partial charge on any atom is -0.383 e. The highest BCUT2D eigenvalue weighted by atomic mass is 32.2. The molecule has 0 radical (unpaired) electrons. The number of likely N-dealkylation sites (tertiary alicyclic amines) is 1. The van der Waals surface area contributed by atoms with Gasteiger partial charge in [-0.1, -0.05) is 12.1 Å². The van der Waals surface area contributed by atoms with Crippen LogP contribution in [0.15, 0.2) is 18.2 Å². The number of amides is 1. The Hall–Kier alpha value is -1.55. The van der Waals surface area contributed by atoms with E-state index in [2.05, 4.69) is 0 Å². The van der Waals surface area contributed by atoms with Crippen LogP contribution in [0.4, 0.5) is 4.39 Å². The Labute approximate surface area is 158 Å². The molecule has 3 aliphatic heterocycles. The van der Waals surface area contributed by atoms with Gasteiger partial charge in [-0.05, 0) is 25.0 Å². The number of morpholine rings is 1. The van der Waals surface area contributed by atoms with Gasteiger partial charge in [0.15, 0.2) is 0 Å². The quantitative estimate of drug-likeness (QED) is 0.749. The third kappa shape index (κ3) is 2.88. The van der Waals surface area contributed by atoms with Gasteiger partial charge in [0.05, 0.1) is 24.8 Å². The molecule has 9 heteroatoms. The number of halogens is 1. The van der Waals surface area contributed by atoms with Crippen molar-refractivity contribution in [3.05, 3.63) is 35.1 Å². The third-order valence-corrected chi connectivity index (χ3v) is 8.15. The summed E-state index contributed by atoms with van der Waals surface area (Å²) in [5.74, 6) is -0.972. The predicted octanol–water partition coefficient (Wildman–Crippen LogP) is 0.778. The maximum atomic E-state index is 14.3. The standard InChI is InChI=1S/C18H23FN2O5S/c1-12-4-3-5-14(19)16(12)17(22)20-9-13-8-15-18(10-20,26-13)11-21(6-7-25-2)27(15,23)24/h3-5,13,15H,6-11H2,1-2H3/t13-,15+,18+/m1/s1. The number of nitrogens with zero attached hydrogens (tertiary/aromatic N) is 2. The van der Waals surface area contributed by atoms with Crippen molar-refractivity contribution in [1.82, 2.24) is 9.21 Å². The van der Waals surface area contributed by atoms with E-state index < -0.39 is 32.6 Å². The molecule has 3 aliphatic rings. The number of ether oxygens (including phenoxy) is 2. The van der Waals surface area contributed by atoms with Gasteiger partial charge in [0.25, 0.3) is 5.91 Å². The molecule has 0 saturated carbocycles. The number of sulfonamides is 1. The summed E-state index contributed by atoms with van der Waals surface area (Å²) in [6.07, 6.45) is 0.00500. The maximum Gasteiger partial charge on any atom is 0.257 e. The first kappa shape index (κ1) is 18.8. The highest BCUT2D eigenvalue weighted by molar-refractivity contribution is 7.90. The zero-order valence-corrected chi connectivity index (χ0v) is 16.2. The van der Waals surface area contributed by atoms with E-state index in [1.165, 1.54) is 17.5 Å². The highest BCUT2D eigenvalue weighted by Crippen LogP contribution is 2.46. The molecular formula is C18H23FN2O5S. The number of carbonyl (C=O) groups excluding carboxylic acids is 1. The number of hydrogen-bond donors (Lipinski definition) is 0. The van der Waals surface area contributed by atoms with Crippen molar-refractivity contribution in [2.75, 3.05) is 39.9 Å². The lowest BCUT2D eigenvalue weighted by molar-refractivity contribution is -0.0982. The summed E-state index contributed by atoms with van der Waals surface area (Å²) in [5, 5.41) is -0.675. The van der Waals surface area contributed by atoms with Crippen LogP contribution in [0.25, 0.3) is 0 Å². The third-order valence-electron chi connectivity index (χ3n) is 5.78. The van der Waals surface area contributed by atoms with Crippen molar-refractivity contribution in [1.29, 1.82) is 0 Å². The number of benzene rings is 1. The Kier molecular flexibility index (Phi) is 4.53. The Morgan fingerprint density at radius 2 is 2.19 bits per heavy atom. The van der Waals surface area contributed by atoms with Crippen LogP contribution >= 0.6 is 0 Å². The minimum absolute atomic E-state index is 0.0452. The van der Waals surface area contributed by atoms with E-state index in [1.54, 1.807) is 24.0 Å². The molecule has 1 aromatic carbocycles. The van der Waals surface area contributed by atoms with Crippen LogP contribution in [0.5, 0.6) is 0 Å². The number of carbonyl (C=O) groups is 1. The van der Waals surface area contributed by atoms with Crippen molar-refractivity contribution in [2.24, 2.45) is 0 Å². The number of methoxy groups -OCH3 is 1. The first-order valence-corrected chi connectivity index (χ1v) is 10.5. The van der Waals surface area contributed by atoms with Crippen LogP contribution in [-0.4, -0.2) is 80.4 Å². The Morgan fingerprint density at radius 1 is 1.41 bits per heavy atom. The smallest absolute Gasteiger partial charge is 0.257 e. The SMILES string of the molecule is COCCN1C[C@@]23CN(C(=O)c4c(C)cccc4F)C[C@@H](C[C@@H]2S1(=O)=O)O3. The van der Waals surface area contributed by atoms with Gasteiger partial charge >= 0.3 is 0 Å². The van der Waals surface area contributed by atoms with Crippen molar-refractivity contribution < 1.29 is 27.1 Å². The molecule has 1 amide bonds. The van der Waals surface area contributed by atoms with E-state index in [0.29, 0.717) is 18.6 Å². The summed E-state index contributed by atoms with van der Waals surface area (Å²) < 4.78 is 52.5. The summed E-state index contributed by atoms with van der Waals surface area (Å²) >= 11 is 0. The topological polar surface area (TPSA) is 76.2 Å². The van der Waals surface area contributed by atoms with Gasteiger partial charge < -0.3 is 14.4 Å². The van der Waals surface area contributed by atoms with Gasteiger partial charge in [0, 0.05) is 26.7 Å². The second kappa shape index (κ2) is 6.51. The lowest BCUT2D eigenvalue weighted by Crippen LogP contribution is -2.56. The molecule has 27 heavy (non-hydrogen) atoms. The van der Waals surface area contributed by atoms with E-state index in [-0.39, 0.29) is 37.8 Å². The fourth-order valence-corrected chi connectivity index (χ4v) is 6.85. The largest absolute Gasteiger partial charge is 0.383 e. The van der Waals surface area contributed by atoms with E-state index in [0.717, 1.165) is 0 Å². The van der Waals surface area contributed by atoms with Crippen LogP contribution < -0.4 is 0 Å². The summed E-state index contributed by atoms with van der Waals surface area (Å²) in [6, 6.07) is 4.53. The van der Waals surface area contributed by atoms with E-state index in [1.807, 2.05) is 0 Å². The first-order valence-electron chi connectivity index (χ1n) is 8.98. The summed E-state index contributed by atoms with van der Waals surface area (Å²) in [5.41, 5.74) is -0.345. The van der Waals surface area contributed by atoms with Crippen LogP contribution in [0, 0.1) is 12.7 Å². The molecule has 3 fully saturated rings. The molecule has 4 rings (SSSR count). The van der Waals surface area contributed by atoms with Gasteiger partial charge in [-0.15, -0.1) is 0 Å². The van der Waals surface area contributed by atoms with Crippen LogP contribution in [-0.2, 0) is 19.5 Å². The van der Waals surface area contributed by atoms with Gasteiger partial charge in [0.2, 0.25) is 10.0 Å². The lowest BCUT2D eigenvalue weighted by atomic mass is 9.98. The molecular weight excluding hydrogens is 375 g/mol. The van der Waals surface area contributed by atoms with Crippen molar-refractivity contribution in [3.63, 3.8) is 0 Å². The number of hydrogen-bond acceptors (Lipinski definition) is 5. The Morgan fingerprint density at radius 3 is 2.89 bits per heavy atom. The Bertz CT molecular complexity index is 856. The molecule has 148 valence electrons. The predicted molar refractivity (Wildman–Crippen MR) is 95.4 cm³/mol. The van der Waals surface area contributed by atoms with Crippen LogP contribution in [0.3, 0.4) is 0 Å². The summed E-state index contributed by atoms with van der Waals surface area (Å²) in [4.78, 5) is 14.6. The second-order valence-electron chi connectivity index (χ2n) is 7.52. The molecule has 0 aliphatic carbocycles. The molecule has 0 N–H and O–H groups in total. The highest BCUT2D eigenvalue weighted by Gasteiger charge is 2.65. The average Bonchev–Trinajstić information content (AvgIpc) is 2.98. The Balaban J connectivity index is 1.62. The van der Waals surface area contributed by atoms with E-state index in [4.69, 9.17) is 9.47 Å². The molecule has 0 unspecified atom stereocenters. The normalized spacial score (nSPS) is 31.9. The van der Waals surface area contributed by atoms with Crippen molar-refractivity contribution in [3.8, 4) is 0 Å². The second-order valence-corrected chi connectivity index (χ2v) is 9.63. The van der Waals surface area contributed by atoms with E-state index >= 15 is 0 Å². The number of fused-ring (bicyclic) bond motifs is 1. The van der Waals surface area contributed by atoms with Gasteiger partial charge in [-0.25, -0.2) is 12.8 Å². The van der Waals surface area contributed by atoms with Crippen LogP contribution in [0.2, 0.25) is 0 Å². The molecule has 7 nitrogen and oxygen atoms in total. The van der Waals surface area contributed by atoms with Crippen LogP contribution in [0.1, 0.15) is 22.3 Å². The zero-order valence-electron chi connectivity index (χ0n) is 15.4. The van der Waals surface area contributed by atoms with Crippen molar-refractivity contribution in [2.45, 2.75) is 30.3 Å². The summed E-state index contributed by atoms with van der Waals surface area (Å²) in [7, 11) is -1.99.